The average molecular weight is 417 g/mol. The van der Waals surface area contributed by atoms with Crippen LogP contribution in [0.15, 0.2) is 0 Å². The summed E-state index contributed by atoms with van der Waals surface area (Å²) >= 11 is 0. The summed E-state index contributed by atoms with van der Waals surface area (Å²) in [5.74, 6) is 1.03. The van der Waals surface area contributed by atoms with E-state index >= 15 is 0 Å². The summed E-state index contributed by atoms with van der Waals surface area (Å²) in [6.07, 6.45) is 4.45. The Bertz CT molecular complexity index is 593. The molecule has 8 nitrogen and oxygen atoms in total. The fourth-order valence-electron chi connectivity index (χ4n) is 4.43. The summed E-state index contributed by atoms with van der Waals surface area (Å²) in [5, 5.41) is 0. The molecule has 0 radical (unpaired) electrons. The lowest BCUT2D eigenvalue weighted by atomic mass is 9.97. The molecule has 3 aliphatic rings. The maximum absolute atomic E-state index is 12.7. The SMILES string of the molecule is NCC1CCN(CCCS(=O)(=O)N2CCN(C(=O)C3CCOCC3)CC2)CC1. The van der Waals surface area contributed by atoms with E-state index in [1.54, 1.807) is 4.31 Å². The van der Waals surface area contributed by atoms with Gasteiger partial charge in [-0.25, -0.2) is 8.42 Å². The van der Waals surface area contributed by atoms with Crippen LogP contribution in [0.5, 0.6) is 0 Å². The highest BCUT2D eigenvalue weighted by atomic mass is 32.2. The molecule has 2 N–H and O–H groups in total. The van der Waals surface area contributed by atoms with E-state index in [0.29, 0.717) is 51.7 Å². The van der Waals surface area contributed by atoms with E-state index in [4.69, 9.17) is 10.5 Å². The number of rotatable bonds is 7. The molecule has 3 heterocycles. The largest absolute Gasteiger partial charge is 0.381 e. The van der Waals surface area contributed by atoms with Crippen LogP contribution < -0.4 is 5.73 Å². The minimum Gasteiger partial charge on any atom is -0.381 e. The van der Waals surface area contributed by atoms with Gasteiger partial charge in [0, 0.05) is 45.3 Å². The van der Waals surface area contributed by atoms with Crippen LogP contribution in [0.1, 0.15) is 32.1 Å². The van der Waals surface area contributed by atoms with Crippen molar-refractivity contribution in [2.24, 2.45) is 17.6 Å². The van der Waals surface area contributed by atoms with Crippen molar-refractivity contribution in [1.82, 2.24) is 14.1 Å². The number of hydrogen-bond donors (Lipinski definition) is 1. The van der Waals surface area contributed by atoms with Gasteiger partial charge in [-0.05, 0) is 64.2 Å². The molecule has 28 heavy (non-hydrogen) atoms. The number of piperazine rings is 1. The highest BCUT2D eigenvalue weighted by Crippen LogP contribution is 2.20. The van der Waals surface area contributed by atoms with Gasteiger partial charge in [0.1, 0.15) is 0 Å². The summed E-state index contributed by atoms with van der Waals surface area (Å²) in [5.41, 5.74) is 5.73. The van der Waals surface area contributed by atoms with Gasteiger partial charge in [-0.3, -0.25) is 4.79 Å². The maximum Gasteiger partial charge on any atom is 0.225 e. The Morgan fingerprint density at radius 1 is 0.964 bits per heavy atom. The van der Waals surface area contributed by atoms with Crippen LogP contribution in [0.2, 0.25) is 0 Å². The van der Waals surface area contributed by atoms with Gasteiger partial charge in [0.25, 0.3) is 0 Å². The second kappa shape index (κ2) is 10.3. The molecule has 1 amide bonds. The summed E-state index contributed by atoms with van der Waals surface area (Å²) in [6.45, 7) is 6.76. The molecule has 0 atom stereocenters. The first kappa shape index (κ1) is 22.0. The first-order chi connectivity index (χ1) is 13.5. The molecule has 0 aromatic heterocycles. The van der Waals surface area contributed by atoms with E-state index in [-0.39, 0.29) is 17.6 Å². The molecule has 9 heteroatoms. The van der Waals surface area contributed by atoms with E-state index in [9.17, 15) is 13.2 Å². The minimum absolute atomic E-state index is 0.0420. The summed E-state index contributed by atoms with van der Waals surface area (Å²) < 4.78 is 32.2. The first-order valence-corrected chi connectivity index (χ1v) is 12.4. The van der Waals surface area contributed by atoms with Crippen LogP contribution in [-0.4, -0.2) is 99.8 Å². The number of nitrogens with two attached hydrogens (primary N) is 1. The van der Waals surface area contributed by atoms with Crippen LogP contribution in [-0.2, 0) is 19.6 Å². The van der Waals surface area contributed by atoms with Crippen LogP contribution in [0.25, 0.3) is 0 Å². The van der Waals surface area contributed by atoms with Gasteiger partial charge in [-0.2, -0.15) is 4.31 Å². The number of sulfonamides is 1. The van der Waals surface area contributed by atoms with Crippen molar-refractivity contribution >= 4 is 15.9 Å². The number of piperidine rings is 1. The summed E-state index contributed by atoms with van der Waals surface area (Å²) in [6, 6.07) is 0. The first-order valence-electron chi connectivity index (χ1n) is 10.8. The van der Waals surface area contributed by atoms with Gasteiger partial charge < -0.3 is 20.3 Å². The van der Waals surface area contributed by atoms with Gasteiger partial charge in [0.15, 0.2) is 0 Å². The van der Waals surface area contributed by atoms with Crippen LogP contribution >= 0.6 is 0 Å². The molecule has 0 spiro atoms. The number of hydrogen-bond acceptors (Lipinski definition) is 6. The molecule has 3 rings (SSSR count). The van der Waals surface area contributed by atoms with Crippen LogP contribution in [0.4, 0.5) is 0 Å². The predicted octanol–water partition coefficient (Wildman–Crippen LogP) is -0.0522. The molecule has 0 saturated carbocycles. The number of nitrogens with zero attached hydrogens (tertiary/aromatic N) is 3. The van der Waals surface area contributed by atoms with E-state index < -0.39 is 10.0 Å². The van der Waals surface area contributed by atoms with Gasteiger partial charge in [0.05, 0.1) is 5.75 Å². The van der Waals surface area contributed by atoms with E-state index in [1.807, 2.05) is 4.90 Å². The molecule has 3 fully saturated rings. The van der Waals surface area contributed by atoms with E-state index in [1.165, 1.54) is 0 Å². The second-order valence-electron chi connectivity index (χ2n) is 8.30. The van der Waals surface area contributed by atoms with Gasteiger partial charge in [-0.1, -0.05) is 0 Å². The van der Waals surface area contributed by atoms with E-state index in [0.717, 1.165) is 51.9 Å². The second-order valence-corrected chi connectivity index (χ2v) is 10.4. The average Bonchev–Trinajstić information content (AvgIpc) is 2.74. The number of carbonyl (C=O) groups excluding carboxylic acids is 1. The van der Waals surface area contributed by atoms with Crippen molar-refractivity contribution in [3.63, 3.8) is 0 Å². The van der Waals surface area contributed by atoms with Crippen molar-refractivity contribution in [3.8, 4) is 0 Å². The highest BCUT2D eigenvalue weighted by Gasteiger charge is 2.32. The standard InChI is InChI=1S/C19H36N4O4S/c20-16-17-2-7-21(8-3-17)6-1-15-28(25,26)23-11-9-22(10-12-23)19(24)18-4-13-27-14-5-18/h17-18H,1-16,20H2. The molecule has 0 aromatic rings. The highest BCUT2D eigenvalue weighted by molar-refractivity contribution is 7.89. The monoisotopic (exact) mass is 416 g/mol. The quantitative estimate of drug-likeness (QED) is 0.625. The lowest BCUT2D eigenvalue weighted by Crippen LogP contribution is -2.52. The molecule has 0 aromatic carbocycles. The Kier molecular flexibility index (Phi) is 8.11. The van der Waals surface area contributed by atoms with Crippen molar-refractivity contribution in [2.45, 2.75) is 32.1 Å². The summed E-state index contributed by atoms with van der Waals surface area (Å²) in [4.78, 5) is 16.8. The Balaban J connectivity index is 1.37. The topological polar surface area (TPSA) is 96.2 Å². The maximum atomic E-state index is 12.7. The normalized spacial score (nSPS) is 24.5. The van der Waals surface area contributed by atoms with Crippen LogP contribution in [0.3, 0.4) is 0 Å². The third kappa shape index (κ3) is 5.89. The number of likely N-dealkylation sites (tertiary alicyclic amines) is 1. The molecule has 3 aliphatic heterocycles. The van der Waals surface area contributed by atoms with Crippen molar-refractivity contribution < 1.29 is 17.9 Å². The molecule has 0 aliphatic carbocycles. The zero-order chi connectivity index (χ0) is 20.0. The fourth-order valence-corrected chi connectivity index (χ4v) is 5.91. The zero-order valence-electron chi connectivity index (χ0n) is 16.9. The summed E-state index contributed by atoms with van der Waals surface area (Å²) in [7, 11) is -3.24. The third-order valence-corrected chi connectivity index (χ3v) is 8.39. The molecule has 3 saturated heterocycles. The lowest BCUT2D eigenvalue weighted by molar-refractivity contribution is -0.139. The third-order valence-electron chi connectivity index (χ3n) is 6.43. The number of carbonyl (C=O) groups is 1. The Morgan fingerprint density at radius 3 is 2.21 bits per heavy atom. The van der Waals surface area contributed by atoms with Crippen LogP contribution in [0, 0.1) is 11.8 Å². The molecule has 162 valence electrons. The van der Waals surface area contributed by atoms with Crippen molar-refractivity contribution in [3.05, 3.63) is 0 Å². The minimum atomic E-state index is -3.24. The number of ether oxygens (including phenoxy) is 1. The van der Waals surface area contributed by atoms with Gasteiger partial charge >= 0.3 is 0 Å². The molecule has 0 bridgehead atoms. The Hall–Kier alpha value is -0.740. The lowest BCUT2D eigenvalue weighted by Gasteiger charge is -2.36. The van der Waals surface area contributed by atoms with Gasteiger partial charge in [0.2, 0.25) is 15.9 Å². The Morgan fingerprint density at radius 2 is 1.61 bits per heavy atom. The fraction of sp³-hybridized carbons (Fsp3) is 0.947. The molecular weight excluding hydrogens is 380 g/mol. The predicted molar refractivity (Wildman–Crippen MR) is 108 cm³/mol. The van der Waals surface area contributed by atoms with Crippen molar-refractivity contribution in [2.75, 3.05) is 71.3 Å². The molecular formula is C19H36N4O4S. The van der Waals surface area contributed by atoms with Crippen molar-refractivity contribution in [1.29, 1.82) is 0 Å². The molecule has 0 unspecified atom stereocenters. The number of amides is 1. The van der Waals surface area contributed by atoms with Gasteiger partial charge in [-0.15, -0.1) is 0 Å². The zero-order valence-corrected chi connectivity index (χ0v) is 17.7. The Labute approximate surface area is 169 Å². The van der Waals surface area contributed by atoms with E-state index in [2.05, 4.69) is 4.90 Å². The smallest absolute Gasteiger partial charge is 0.225 e.